The monoisotopic (exact) mass is 408 g/mol. The van der Waals surface area contributed by atoms with Crippen LogP contribution in [0.25, 0.3) is 0 Å². The number of nitro groups is 1. The summed E-state index contributed by atoms with van der Waals surface area (Å²) >= 11 is 0. The molecule has 4 rings (SSSR count). The maximum atomic E-state index is 13.0. The van der Waals surface area contributed by atoms with Gasteiger partial charge in [-0.1, -0.05) is 24.3 Å². The maximum Gasteiger partial charge on any atom is 0.325 e. The van der Waals surface area contributed by atoms with Crippen LogP contribution < -0.4 is 10.6 Å². The number of urea groups is 1. The van der Waals surface area contributed by atoms with Gasteiger partial charge < -0.3 is 10.6 Å². The van der Waals surface area contributed by atoms with Gasteiger partial charge in [-0.15, -0.1) is 0 Å². The summed E-state index contributed by atoms with van der Waals surface area (Å²) in [7, 11) is 0. The fraction of sp³-hybridized carbons (Fsp3) is 0.286. The van der Waals surface area contributed by atoms with Crippen LogP contribution in [-0.4, -0.2) is 34.2 Å². The Morgan fingerprint density at radius 1 is 1.20 bits per heavy atom. The molecule has 4 amide bonds. The van der Waals surface area contributed by atoms with Gasteiger partial charge in [0.2, 0.25) is 5.91 Å². The van der Waals surface area contributed by atoms with Crippen LogP contribution >= 0.6 is 0 Å². The van der Waals surface area contributed by atoms with E-state index >= 15 is 0 Å². The molecule has 0 spiro atoms. The van der Waals surface area contributed by atoms with Gasteiger partial charge in [0, 0.05) is 17.8 Å². The fourth-order valence-corrected chi connectivity index (χ4v) is 3.96. The van der Waals surface area contributed by atoms with E-state index in [9.17, 15) is 24.5 Å². The SMILES string of the molecule is C[C@]1(c2ccc3c(c2)CCC3)NC(=O)N(CC(=O)Nc2cccc([N+](=O)[O-])c2)C1=O. The molecule has 2 aromatic rings. The molecule has 0 radical (unpaired) electrons. The Bertz CT molecular complexity index is 1080. The standard InChI is InChI=1S/C21H20N4O5/c1-21(15-9-8-13-4-2-5-14(13)10-15)19(27)24(20(28)23-21)12-18(26)22-16-6-3-7-17(11-16)25(29)30/h3,6-11H,2,4-5,12H2,1H3,(H,22,26)(H,23,28)/t21-/m1/s1. The Kier molecular flexibility index (Phi) is 4.73. The van der Waals surface area contributed by atoms with Crippen LogP contribution in [0.1, 0.15) is 30.0 Å². The molecule has 2 aromatic carbocycles. The van der Waals surface area contributed by atoms with E-state index < -0.39 is 34.9 Å². The second kappa shape index (κ2) is 7.25. The lowest BCUT2D eigenvalue weighted by molar-refractivity contribution is -0.384. The van der Waals surface area contributed by atoms with Crippen molar-refractivity contribution in [2.45, 2.75) is 31.7 Å². The lowest BCUT2D eigenvalue weighted by Gasteiger charge is -2.23. The van der Waals surface area contributed by atoms with Crippen LogP contribution in [0.2, 0.25) is 0 Å². The average molecular weight is 408 g/mol. The molecule has 2 N–H and O–H groups in total. The van der Waals surface area contributed by atoms with Gasteiger partial charge in [0.15, 0.2) is 0 Å². The van der Waals surface area contributed by atoms with Crippen molar-refractivity contribution in [3.05, 3.63) is 69.3 Å². The molecule has 9 heteroatoms. The molecule has 0 aromatic heterocycles. The highest BCUT2D eigenvalue weighted by atomic mass is 16.6. The summed E-state index contributed by atoms with van der Waals surface area (Å²) in [4.78, 5) is 49.0. The minimum atomic E-state index is -1.25. The molecule has 30 heavy (non-hydrogen) atoms. The highest BCUT2D eigenvalue weighted by Gasteiger charge is 2.49. The van der Waals surface area contributed by atoms with Crippen molar-refractivity contribution in [3.8, 4) is 0 Å². The minimum absolute atomic E-state index is 0.174. The number of rotatable bonds is 5. The molecule has 0 saturated carbocycles. The summed E-state index contributed by atoms with van der Waals surface area (Å²) in [5, 5.41) is 16.1. The van der Waals surface area contributed by atoms with Gasteiger partial charge in [0.05, 0.1) is 4.92 Å². The molecule has 0 unspecified atom stereocenters. The third kappa shape index (κ3) is 3.38. The number of nitro benzene ring substituents is 1. The van der Waals surface area contributed by atoms with Gasteiger partial charge in [-0.25, -0.2) is 4.79 Å². The van der Waals surface area contributed by atoms with Crippen molar-refractivity contribution in [3.63, 3.8) is 0 Å². The van der Waals surface area contributed by atoms with E-state index in [0.29, 0.717) is 5.56 Å². The molecule has 1 aliphatic heterocycles. The van der Waals surface area contributed by atoms with E-state index in [0.717, 1.165) is 24.2 Å². The summed E-state index contributed by atoms with van der Waals surface area (Å²) in [6.45, 7) is 1.14. The zero-order valence-electron chi connectivity index (χ0n) is 16.3. The first-order chi connectivity index (χ1) is 14.3. The van der Waals surface area contributed by atoms with Gasteiger partial charge in [-0.05, 0) is 48.9 Å². The van der Waals surface area contributed by atoms with Crippen molar-refractivity contribution in [1.82, 2.24) is 10.2 Å². The number of anilines is 1. The number of fused-ring (bicyclic) bond motifs is 1. The number of aryl methyl sites for hydroxylation is 2. The molecule has 2 aliphatic rings. The van der Waals surface area contributed by atoms with Crippen LogP contribution in [0.15, 0.2) is 42.5 Å². The predicted octanol–water partition coefficient (Wildman–Crippen LogP) is 2.49. The maximum absolute atomic E-state index is 13.0. The van der Waals surface area contributed by atoms with E-state index in [4.69, 9.17) is 0 Å². The number of amides is 4. The highest BCUT2D eigenvalue weighted by molar-refractivity contribution is 6.10. The number of imide groups is 1. The first-order valence-corrected chi connectivity index (χ1v) is 9.58. The molecule has 1 fully saturated rings. The molecule has 1 saturated heterocycles. The summed E-state index contributed by atoms with van der Waals surface area (Å²) < 4.78 is 0. The van der Waals surface area contributed by atoms with Crippen LogP contribution in [0.5, 0.6) is 0 Å². The second-order valence-corrected chi connectivity index (χ2v) is 7.64. The lowest BCUT2D eigenvalue weighted by Crippen LogP contribution is -2.42. The number of hydrogen-bond donors (Lipinski definition) is 2. The van der Waals surface area contributed by atoms with Crippen molar-refractivity contribution in [2.75, 3.05) is 11.9 Å². The zero-order chi connectivity index (χ0) is 21.5. The number of hydrogen-bond acceptors (Lipinski definition) is 5. The molecule has 9 nitrogen and oxygen atoms in total. The topological polar surface area (TPSA) is 122 Å². The lowest BCUT2D eigenvalue weighted by atomic mass is 9.89. The van der Waals surface area contributed by atoms with E-state index in [1.165, 1.54) is 35.4 Å². The smallest absolute Gasteiger partial charge is 0.324 e. The third-order valence-electron chi connectivity index (χ3n) is 5.59. The first-order valence-electron chi connectivity index (χ1n) is 9.58. The number of carbonyl (C=O) groups excluding carboxylic acids is 3. The van der Waals surface area contributed by atoms with Gasteiger partial charge in [0.1, 0.15) is 12.1 Å². The Hall–Kier alpha value is -3.75. The summed E-state index contributed by atoms with van der Waals surface area (Å²) in [5.74, 6) is -1.14. The second-order valence-electron chi connectivity index (χ2n) is 7.64. The number of non-ortho nitro benzene ring substituents is 1. The van der Waals surface area contributed by atoms with E-state index in [1.807, 2.05) is 18.2 Å². The molecule has 0 bridgehead atoms. The molecule has 1 aliphatic carbocycles. The number of carbonyl (C=O) groups is 3. The Labute approximate surface area is 172 Å². The largest absolute Gasteiger partial charge is 0.325 e. The van der Waals surface area contributed by atoms with Crippen molar-refractivity contribution in [1.29, 1.82) is 0 Å². The molecule has 1 atom stereocenters. The average Bonchev–Trinajstić information content (AvgIpc) is 3.26. The van der Waals surface area contributed by atoms with Gasteiger partial charge >= 0.3 is 6.03 Å². The van der Waals surface area contributed by atoms with Gasteiger partial charge in [-0.2, -0.15) is 0 Å². The quantitative estimate of drug-likeness (QED) is 0.447. The van der Waals surface area contributed by atoms with E-state index in [2.05, 4.69) is 10.6 Å². The Balaban J connectivity index is 1.49. The summed E-state index contributed by atoms with van der Waals surface area (Å²) in [5.41, 5.74) is 1.91. The number of nitrogens with one attached hydrogen (secondary N) is 2. The number of benzene rings is 2. The van der Waals surface area contributed by atoms with Crippen LogP contribution in [-0.2, 0) is 28.0 Å². The van der Waals surface area contributed by atoms with Crippen LogP contribution in [0, 0.1) is 10.1 Å². The Morgan fingerprint density at radius 2 is 1.97 bits per heavy atom. The first kappa shape index (κ1) is 19.6. The Morgan fingerprint density at radius 3 is 2.73 bits per heavy atom. The normalized spacial score (nSPS) is 20.1. The minimum Gasteiger partial charge on any atom is -0.324 e. The molecule has 154 valence electrons. The van der Waals surface area contributed by atoms with E-state index in [-0.39, 0.29) is 11.4 Å². The molecular weight excluding hydrogens is 388 g/mol. The zero-order valence-corrected chi connectivity index (χ0v) is 16.3. The van der Waals surface area contributed by atoms with Crippen molar-refractivity contribution < 1.29 is 19.3 Å². The van der Waals surface area contributed by atoms with Gasteiger partial charge in [-0.3, -0.25) is 24.6 Å². The predicted molar refractivity (Wildman–Crippen MR) is 108 cm³/mol. The van der Waals surface area contributed by atoms with Crippen molar-refractivity contribution >= 4 is 29.2 Å². The summed E-state index contributed by atoms with van der Waals surface area (Å²) in [6, 6.07) is 10.6. The van der Waals surface area contributed by atoms with Crippen LogP contribution in [0.4, 0.5) is 16.2 Å². The number of nitrogens with zero attached hydrogens (tertiary/aromatic N) is 2. The molecule has 1 heterocycles. The van der Waals surface area contributed by atoms with Crippen LogP contribution in [0.3, 0.4) is 0 Å². The fourth-order valence-electron chi connectivity index (χ4n) is 3.96. The van der Waals surface area contributed by atoms with Crippen molar-refractivity contribution in [2.24, 2.45) is 0 Å². The molecular formula is C21H20N4O5. The van der Waals surface area contributed by atoms with Gasteiger partial charge in [0.25, 0.3) is 11.6 Å². The highest BCUT2D eigenvalue weighted by Crippen LogP contribution is 2.32. The summed E-state index contributed by atoms with van der Waals surface area (Å²) in [6.07, 6.45) is 3.02. The third-order valence-corrected chi connectivity index (χ3v) is 5.59. The van der Waals surface area contributed by atoms with E-state index in [1.54, 1.807) is 6.92 Å².